The van der Waals surface area contributed by atoms with Gasteiger partial charge in [-0.15, -0.1) is 21.5 Å². The number of nitrogens with zero attached hydrogens (tertiary/aromatic N) is 5. The second-order valence-corrected chi connectivity index (χ2v) is 7.70. The second kappa shape index (κ2) is 8.40. The molecule has 0 radical (unpaired) electrons. The van der Waals surface area contributed by atoms with Crippen molar-refractivity contribution in [1.29, 1.82) is 0 Å². The number of carbonyl (C=O) groups is 1. The van der Waals surface area contributed by atoms with Gasteiger partial charge in [0.2, 0.25) is 17.6 Å². The molecule has 0 unspecified atom stereocenters. The van der Waals surface area contributed by atoms with E-state index in [0.717, 1.165) is 10.6 Å². The van der Waals surface area contributed by atoms with Gasteiger partial charge in [-0.2, -0.15) is 4.98 Å². The summed E-state index contributed by atoms with van der Waals surface area (Å²) in [5, 5.41) is 15.1. The highest BCUT2D eigenvalue weighted by atomic mass is 32.2. The Labute approximate surface area is 167 Å². The molecule has 0 saturated carbocycles. The smallest absolute Gasteiger partial charge is 0.237 e. The summed E-state index contributed by atoms with van der Waals surface area (Å²) in [6.07, 6.45) is 2.22. The van der Waals surface area contributed by atoms with Gasteiger partial charge in [0.05, 0.1) is 23.4 Å². The van der Waals surface area contributed by atoms with Crippen molar-refractivity contribution in [3.05, 3.63) is 53.4 Å². The molecular weight excluding hydrogens is 400 g/mol. The molecule has 0 atom stereocenters. The van der Waals surface area contributed by atoms with Gasteiger partial charge in [0.25, 0.3) is 0 Å². The number of amides is 1. The van der Waals surface area contributed by atoms with Crippen molar-refractivity contribution < 1.29 is 13.7 Å². The van der Waals surface area contributed by atoms with E-state index in [2.05, 4.69) is 20.3 Å². The van der Waals surface area contributed by atoms with E-state index < -0.39 is 0 Å². The first kappa shape index (κ1) is 18.4. The molecule has 11 heteroatoms. The molecule has 1 amide bonds. The number of aromatic nitrogens is 5. The summed E-state index contributed by atoms with van der Waals surface area (Å²) < 4.78 is 12.7. The Morgan fingerprint density at radius 1 is 1.29 bits per heavy atom. The van der Waals surface area contributed by atoms with Gasteiger partial charge in [0.1, 0.15) is 11.6 Å². The number of furan rings is 1. The molecule has 0 aromatic carbocycles. The van der Waals surface area contributed by atoms with Gasteiger partial charge in [0.15, 0.2) is 5.16 Å². The molecule has 144 valence electrons. The van der Waals surface area contributed by atoms with Crippen molar-refractivity contribution in [2.24, 2.45) is 5.73 Å². The number of rotatable bonds is 9. The van der Waals surface area contributed by atoms with Crippen molar-refractivity contribution in [3.63, 3.8) is 0 Å². The number of aryl methyl sites for hydroxylation is 1. The van der Waals surface area contributed by atoms with Crippen LogP contribution in [0.25, 0.3) is 10.7 Å². The highest BCUT2D eigenvalue weighted by Crippen LogP contribution is 2.26. The van der Waals surface area contributed by atoms with E-state index in [0.29, 0.717) is 41.4 Å². The number of nitrogens with two attached hydrogens (primary N) is 1. The third-order valence-corrected chi connectivity index (χ3v) is 5.63. The third-order valence-electron chi connectivity index (χ3n) is 3.82. The molecule has 4 aromatic rings. The van der Waals surface area contributed by atoms with Crippen LogP contribution in [0.4, 0.5) is 0 Å². The molecule has 4 heterocycles. The standard InChI is InChI=1S/C17H16N6O3S2/c18-13(24)5-6-14-20-21-17(23(14)9-11-3-1-7-25-11)28-10-15-19-16(22-26-15)12-4-2-8-27-12/h1-4,7-8H,5-6,9-10H2,(H2,18,24). The second-order valence-electron chi connectivity index (χ2n) is 5.81. The minimum Gasteiger partial charge on any atom is -0.467 e. The predicted octanol–water partition coefficient (Wildman–Crippen LogP) is 2.74. The Bertz CT molecular complexity index is 1040. The maximum atomic E-state index is 11.1. The van der Waals surface area contributed by atoms with Crippen LogP contribution >= 0.6 is 23.1 Å². The number of hydrogen-bond acceptors (Lipinski definition) is 9. The zero-order valence-corrected chi connectivity index (χ0v) is 16.3. The van der Waals surface area contributed by atoms with Gasteiger partial charge in [-0.25, -0.2) is 0 Å². The van der Waals surface area contributed by atoms with Crippen molar-refractivity contribution in [3.8, 4) is 10.7 Å². The zero-order chi connectivity index (χ0) is 19.3. The normalized spacial score (nSPS) is 11.1. The van der Waals surface area contributed by atoms with Gasteiger partial charge in [0, 0.05) is 12.8 Å². The monoisotopic (exact) mass is 416 g/mol. The average Bonchev–Trinajstić information content (AvgIpc) is 3.45. The molecule has 28 heavy (non-hydrogen) atoms. The Kier molecular flexibility index (Phi) is 5.53. The fourth-order valence-corrected chi connectivity index (χ4v) is 3.95. The number of carbonyl (C=O) groups excluding carboxylic acids is 1. The highest BCUT2D eigenvalue weighted by Gasteiger charge is 2.17. The SMILES string of the molecule is NC(=O)CCc1nnc(SCc2nc(-c3cccs3)no2)n1Cc1ccco1. The van der Waals surface area contributed by atoms with E-state index in [1.807, 2.05) is 34.2 Å². The lowest BCUT2D eigenvalue weighted by Crippen LogP contribution is -2.14. The average molecular weight is 416 g/mol. The summed E-state index contributed by atoms with van der Waals surface area (Å²) in [6, 6.07) is 7.57. The van der Waals surface area contributed by atoms with Crippen LogP contribution in [-0.2, 0) is 23.5 Å². The molecule has 0 bridgehead atoms. The van der Waals surface area contributed by atoms with Crippen LogP contribution in [0.5, 0.6) is 0 Å². The highest BCUT2D eigenvalue weighted by molar-refractivity contribution is 7.98. The van der Waals surface area contributed by atoms with E-state index in [9.17, 15) is 4.79 Å². The fourth-order valence-electron chi connectivity index (χ4n) is 2.51. The predicted molar refractivity (Wildman–Crippen MR) is 103 cm³/mol. The van der Waals surface area contributed by atoms with Gasteiger partial charge in [-0.3, -0.25) is 9.36 Å². The molecule has 0 aliphatic heterocycles. The molecular formula is C17H16N6O3S2. The Morgan fingerprint density at radius 2 is 2.21 bits per heavy atom. The van der Waals surface area contributed by atoms with Crippen molar-refractivity contribution >= 4 is 29.0 Å². The number of hydrogen-bond donors (Lipinski definition) is 1. The lowest BCUT2D eigenvalue weighted by atomic mass is 10.3. The van der Waals surface area contributed by atoms with Crippen LogP contribution in [0.3, 0.4) is 0 Å². The molecule has 0 aliphatic rings. The molecule has 4 rings (SSSR count). The van der Waals surface area contributed by atoms with Gasteiger partial charge >= 0.3 is 0 Å². The van der Waals surface area contributed by atoms with Crippen LogP contribution in [0.15, 0.2) is 50.0 Å². The lowest BCUT2D eigenvalue weighted by Gasteiger charge is -2.07. The van der Waals surface area contributed by atoms with Gasteiger partial charge in [-0.05, 0) is 23.6 Å². The minimum atomic E-state index is -0.381. The summed E-state index contributed by atoms with van der Waals surface area (Å²) in [7, 11) is 0. The molecule has 9 nitrogen and oxygen atoms in total. The minimum absolute atomic E-state index is 0.203. The third kappa shape index (κ3) is 4.31. The van der Waals surface area contributed by atoms with E-state index in [-0.39, 0.29) is 12.3 Å². The zero-order valence-electron chi connectivity index (χ0n) is 14.6. The maximum absolute atomic E-state index is 11.1. The Balaban J connectivity index is 1.49. The van der Waals surface area contributed by atoms with Crippen molar-refractivity contribution in [2.75, 3.05) is 0 Å². The quantitative estimate of drug-likeness (QED) is 0.413. The first-order chi connectivity index (χ1) is 13.7. The molecule has 0 saturated heterocycles. The molecule has 0 fully saturated rings. The van der Waals surface area contributed by atoms with Crippen LogP contribution < -0.4 is 5.73 Å². The topological polar surface area (TPSA) is 126 Å². The van der Waals surface area contributed by atoms with E-state index in [4.69, 9.17) is 14.7 Å². The van der Waals surface area contributed by atoms with Crippen LogP contribution in [0, 0.1) is 0 Å². The Hall–Kier alpha value is -2.92. The van der Waals surface area contributed by atoms with Crippen molar-refractivity contribution in [2.45, 2.75) is 30.3 Å². The summed E-state index contributed by atoms with van der Waals surface area (Å²) in [6.45, 7) is 0.459. The first-order valence-electron chi connectivity index (χ1n) is 8.41. The van der Waals surface area contributed by atoms with Crippen LogP contribution in [-0.4, -0.2) is 30.8 Å². The summed E-state index contributed by atoms with van der Waals surface area (Å²) >= 11 is 2.98. The summed E-state index contributed by atoms with van der Waals surface area (Å²) in [5.41, 5.74) is 5.26. The largest absolute Gasteiger partial charge is 0.467 e. The number of thioether (sulfide) groups is 1. The van der Waals surface area contributed by atoms with E-state index in [1.165, 1.54) is 11.8 Å². The molecule has 0 aliphatic carbocycles. The fraction of sp³-hybridized carbons (Fsp3) is 0.235. The lowest BCUT2D eigenvalue weighted by molar-refractivity contribution is -0.118. The molecule has 4 aromatic heterocycles. The Morgan fingerprint density at radius 3 is 2.96 bits per heavy atom. The maximum Gasteiger partial charge on any atom is 0.237 e. The van der Waals surface area contributed by atoms with E-state index >= 15 is 0 Å². The molecule has 2 N–H and O–H groups in total. The van der Waals surface area contributed by atoms with Crippen LogP contribution in [0.2, 0.25) is 0 Å². The summed E-state index contributed by atoms with van der Waals surface area (Å²) in [4.78, 5) is 16.5. The number of thiophene rings is 1. The first-order valence-corrected chi connectivity index (χ1v) is 10.3. The van der Waals surface area contributed by atoms with Gasteiger partial charge in [-0.1, -0.05) is 23.0 Å². The molecule has 0 spiro atoms. The van der Waals surface area contributed by atoms with Gasteiger partial charge < -0.3 is 14.7 Å². The summed E-state index contributed by atoms with van der Waals surface area (Å²) in [5.74, 6) is 2.57. The van der Waals surface area contributed by atoms with Crippen molar-refractivity contribution in [1.82, 2.24) is 24.9 Å². The number of primary amides is 1. The van der Waals surface area contributed by atoms with E-state index in [1.54, 1.807) is 17.6 Å². The van der Waals surface area contributed by atoms with Crippen LogP contribution in [0.1, 0.15) is 23.9 Å².